The highest BCUT2D eigenvalue weighted by Crippen LogP contribution is 2.44. The Kier molecular flexibility index (Phi) is 9.70. The van der Waals surface area contributed by atoms with E-state index in [9.17, 15) is 9.59 Å². The van der Waals surface area contributed by atoms with Gasteiger partial charge < -0.3 is 21.1 Å². The zero-order valence-corrected chi connectivity index (χ0v) is 24.6. The second-order valence-corrected chi connectivity index (χ2v) is 13.7. The van der Waals surface area contributed by atoms with Gasteiger partial charge in [-0.05, 0) is 92.9 Å². The molecule has 0 aromatic carbocycles. The first-order valence-electron chi connectivity index (χ1n) is 13.8. The van der Waals surface area contributed by atoms with E-state index in [1.54, 1.807) is 0 Å². The minimum Gasteiger partial charge on any atom is -0.367 e. The maximum atomic E-state index is 11.7. The number of carbonyl (C=O) groups excluding carboxylic acids is 2. The Morgan fingerprint density at radius 1 is 0.667 bits per heavy atom. The van der Waals surface area contributed by atoms with Crippen LogP contribution in [0.15, 0.2) is 0 Å². The number of nitrogens with zero attached hydrogens (tertiary/aromatic N) is 2. The second kappa shape index (κ2) is 11.3. The average Bonchev–Trinajstić information content (AvgIpc) is 2.72. The molecule has 4 atom stereocenters. The van der Waals surface area contributed by atoms with Crippen LogP contribution in [0.4, 0.5) is 0 Å². The van der Waals surface area contributed by atoms with Crippen molar-refractivity contribution in [2.24, 2.45) is 23.3 Å². The van der Waals surface area contributed by atoms with Crippen LogP contribution in [-0.4, -0.2) is 56.3 Å². The molecule has 0 bridgehead atoms. The van der Waals surface area contributed by atoms with Gasteiger partial charge in [-0.25, -0.2) is 0 Å². The van der Waals surface area contributed by atoms with Crippen LogP contribution in [0.3, 0.4) is 0 Å². The van der Waals surface area contributed by atoms with Crippen molar-refractivity contribution >= 4 is 11.9 Å². The van der Waals surface area contributed by atoms with Gasteiger partial charge in [-0.15, -0.1) is 10.1 Å². The zero-order valence-electron chi connectivity index (χ0n) is 24.6. The number of nitrogens with two attached hydrogens (primary N) is 2. The number of rotatable bonds is 9. The molecule has 0 aromatic rings. The van der Waals surface area contributed by atoms with Crippen molar-refractivity contribution in [1.82, 2.24) is 10.1 Å². The van der Waals surface area contributed by atoms with E-state index in [0.717, 1.165) is 38.5 Å². The van der Waals surface area contributed by atoms with Gasteiger partial charge in [0.15, 0.2) is 0 Å². The smallest absolute Gasteiger partial charge is 0.322 e. The van der Waals surface area contributed by atoms with Gasteiger partial charge in [-0.3, -0.25) is 9.59 Å². The molecule has 4 N–H and O–H groups in total. The maximum absolute atomic E-state index is 11.7. The second-order valence-electron chi connectivity index (χ2n) is 13.7. The molecule has 2 saturated heterocycles. The SMILES string of the molecule is CC(=O)ON1C(C)(C)CC(CCCCCCC2CC(C)(C)N(OC(C)=O)C(C)(C)C2N)C(N)C1(C)C. The van der Waals surface area contributed by atoms with Gasteiger partial charge in [0.1, 0.15) is 0 Å². The summed E-state index contributed by atoms with van der Waals surface area (Å²) in [5, 5.41) is 3.64. The van der Waals surface area contributed by atoms with Crippen LogP contribution in [-0.2, 0) is 19.3 Å². The normalized spacial score (nSPS) is 31.6. The van der Waals surface area contributed by atoms with Crippen molar-refractivity contribution in [2.75, 3.05) is 0 Å². The van der Waals surface area contributed by atoms with Crippen LogP contribution < -0.4 is 11.5 Å². The quantitative estimate of drug-likeness (QED) is 0.430. The molecule has 0 aromatic heterocycles. The minimum atomic E-state index is -0.422. The fourth-order valence-electron chi connectivity index (χ4n) is 7.16. The van der Waals surface area contributed by atoms with E-state index < -0.39 is 11.1 Å². The van der Waals surface area contributed by atoms with E-state index in [1.165, 1.54) is 26.7 Å². The predicted molar refractivity (Wildman–Crippen MR) is 143 cm³/mol. The highest BCUT2D eigenvalue weighted by Gasteiger charge is 2.53. The molecule has 0 aliphatic carbocycles. The summed E-state index contributed by atoms with van der Waals surface area (Å²) >= 11 is 0. The number of unbranched alkanes of at least 4 members (excludes halogenated alkanes) is 3. The highest BCUT2D eigenvalue weighted by molar-refractivity contribution is 5.66. The molecule has 2 rings (SSSR count). The molecule has 0 amide bonds. The van der Waals surface area contributed by atoms with E-state index in [4.69, 9.17) is 21.1 Å². The molecule has 2 fully saturated rings. The summed E-state index contributed by atoms with van der Waals surface area (Å²) in [6.07, 6.45) is 8.62. The summed E-state index contributed by atoms with van der Waals surface area (Å²) in [6, 6.07) is -0.121. The van der Waals surface area contributed by atoms with Gasteiger partial charge in [-0.2, -0.15) is 0 Å². The fraction of sp³-hybridized carbons (Fsp3) is 0.929. The molecule has 4 unspecified atom stereocenters. The van der Waals surface area contributed by atoms with Crippen LogP contribution >= 0.6 is 0 Å². The molecule has 2 heterocycles. The monoisotopic (exact) mass is 510 g/mol. The topological polar surface area (TPSA) is 111 Å². The van der Waals surface area contributed by atoms with Crippen molar-refractivity contribution in [2.45, 2.75) is 155 Å². The standard InChI is InChI=1S/C28H54N4O4/c1-19(33)35-31-25(3,4)17-21(23(29)27(31,7)8)15-13-11-12-14-16-22-18-26(5,6)32(36-20(2)34)28(9,10)24(22)30/h21-24H,11-18,29-30H2,1-10H3. The highest BCUT2D eigenvalue weighted by atomic mass is 16.7. The molecule has 36 heavy (non-hydrogen) atoms. The Morgan fingerprint density at radius 2 is 0.972 bits per heavy atom. The van der Waals surface area contributed by atoms with Crippen LogP contribution in [0.2, 0.25) is 0 Å². The molecule has 0 saturated carbocycles. The molecular formula is C28H54N4O4. The van der Waals surface area contributed by atoms with E-state index >= 15 is 0 Å². The third-order valence-electron chi connectivity index (χ3n) is 8.66. The Bertz CT molecular complexity index is 716. The first-order chi connectivity index (χ1) is 16.3. The van der Waals surface area contributed by atoms with Crippen molar-refractivity contribution in [3.63, 3.8) is 0 Å². The van der Waals surface area contributed by atoms with Crippen LogP contribution in [0.25, 0.3) is 0 Å². The fourth-order valence-corrected chi connectivity index (χ4v) is 7.16. The largest absolute Gasteiger partial charge is 0.367 e. The van der Waals surface area contributed by atoms with Crippen LogP contribution in [0.1, 0.15) is 121 Å². The summed E-state index contributed by atoms with van der Waals surface area (Å²) in [5.41, 5.74) is 12.1. The molecule has 0 spiro atoms. The van der Waals surface area contributed by atoms with Gasteiger partial charge in [-0.1, -0.05) is 25.7 Å². The third-order valence-corrected chi connectivity index (χ3v) is 8.66. The lowest BCUT2D eigenvalue weighted by Crippen LogP contribution is -2.69. The first kappa shape index (κ1) is 31.0. The lowest BCUT2D eigenvalue weighted by atomic mass is 9.70. The van der Waals surface area contributed by atoms with E-state index in [2.05, 4.69) is 55.4 Å². The van der Waals surface area contributed by atoms with Crippen LogP contribution in [0.5, 0.6) is 0 Å². The lowest BCUT2D eigenvalue weighted by molar-refractivity contribution is -0.275. The Labute approximate surface area is 219 Å². The summed E-state index contributed by atoms with van der Waals surface area (Å²) < 4.78 is 0. The van der Waals surface area contributed by atoms with Crippen molar-refractivity contribution in [3.05, 3.63) is 0 Å². The Hall–Kier alpha value is -1.22. The summed E-state index contributed by atoms with van der Waals surface area (Å²) in [7, 11) is 0. The van der Waals surface area contributed by atoms with Gasteiger partial charge in [0.05, 0.1) is 22.2 Å². The Balaban J connectivity index is 1.85. The summed E-state index contributed by atoms with van der Waals surface area (Å²) in [5.74, 6) is 0.181. The molecule has 2 aliphatic rings. The van der Waals surface area contributed by atoms with Crippen molar-refractivity contribution in [1.29, 1.82) is 0 Å². The third kappa shape index (κ3) is 6.80. The minimum absolute atomic E-state index is 0.0604. The van der Waals surface area contributed by atoms with Gasteiger partial charge in [0, 0.05) is 25.9 Å². The number of carbonyl (C=O) groups is 2. The van der Waals surface area contributed by atoms with E-state index in [-0.39, 0.29) is 35.1 Å². The lowest BCUT2D eigenvalue weighted by Gasteiger charge is -2.56. The molecule has 210 valence electrons. The summed E-state index contributed by atoms with van der Waals surface area (Å²) in [4.78, 5) is 34.5. The predicted octanol–water partition coefficient (Wildman–Crippen LogP) is 4.70. The number of piperidine rings is 2. The Morgan fingerprint density at radius 3 is 1.25 bits per heavy atom. The summed E-state index contributed by atoms with van der Waals surface area (Å²) in [6.45, 7) is 19.7. The number of hydrogen-bond acceptors (Lipinski definition) is 8. The van der Waals surface area contributed by atoms with Crippen molar-refractivity contribution < 1.29 is 19.3 Å². The zero-order chi connectivity index (χ0) is 27.7. The molecule has 8 heteroatoms. The van der Waals surface area contributed by atoms with Gasteiger partial charge in [0.2, 0.25) is 0 Å². The van der Waals surface area contributed by atoms with Crippen LogP contribution in [0, 0.1) is 11.8 Å². The molecular weight excluding hydrogens is 456 g/mol. The van der Waals surface area contributed by atoms with Gasteiger partial charge in [0.25, 0.3) is 0 Å². The first-order valence-corrected chi connectivity index (χ1v) is 13.8. The van der Waals surface area contributed by atoms with E-state index in [0.29, 0.717) is 11.8 Å². The van der Waals surface area contributed by atoms with E-state index in [1.807, 2.05) is 10.1 Å². The maximum Gasteiger partial charge on any atom is 0.322 e. The molecule has 0 radical (unpaired) electrons. The van der Waals surface area contributed by atoms with Crippen molar-refractivity contribution in [3.8, 4) is 0 Å². The number of hydrogen-bond donors (Lipinski definition) is 2. The average molecular weight is 511 g/mol. The number of hydroxylamine groups is 4. The van der Waals surface area contributed by atoms with Gasteiger partial charge >= 0.3 is 11.9 Å². The molecule has 8 nitrogen and oxygen atoms in total. The molecule has 2 aliphatic heterocycles.